The van der Waals surface area contributed by atoms with E-state index in [1.54, 1.807) is 6.07 Å². The number of anilines is 1. The second kappa shape index (κ2) is 5.18. The molecule has 6 nitrogen and oxygen atoms in total. The molecule has 1 fully saturated rings. The van der Waals surface area contributed by atoms with Crippen LogP contribution in [0.25, 0.3) is 0 Å². The molecule has 0 spiro atoms. The van der Waals surface area contributed by atoms with Crippen LogP contribution in [0.15, 0.2) is 10.6 Å². The van der Waals surface area contributed by atoms with E-state index >= 15 is 0 Å². The normalized spacial score (nSPS) is 16.3. The fraction of sp³-hybridized carbons (Fsp3) is 0.636. The first kappa shape index (κ1) is 11.9. The number of nitrogens with zero attached hydrogens (tertiary/aromatic N) is 2. The fourth-order valence-electron chi connectivity index (χ4n) is 1.64. The van der Waals surface area contributed by atoms with Crippen LogP contribution in [0.1, 0.15) is 24.3 Å². The van der Waals surface area contributed by atoms with E-state index < -0.39 is 0 Å². The van der Waals surface area contributed by atoms with Gasteiger partial charge in [-0.15, -0.1) is 0 Å². The SMILES string of the molecule is CC(C)NC(=O)c1cc(N2CCOCC2)on1. The summed E-state index contributed by atoms with van der Waals surface area (Å²) in [5.41, 5.74) is 0.320. The van der Waals surface area contributed by atoms with Gasteiger partial charge < -0.3 is 19.5 Å². The molecule has 1 N–H and O–H groups in total. The highest BCUT2D eigenvalue weighted by atomic mass is 16.5. The van der Waals surface area contributed by atoms with Gasteiger partial charge in [-0.3, -0.25) is 4.79 Å². The van der Waals surface area contributed by atoms with Gasteiger partial charge in [0.15, 0.2) is 5.69 Å². The van der Waals surface area contributed by atoms with Crippen molar-refractivity contribution in [3.05, 3.63) is 11.8 Å². The van der Waals surface area contributed by atoms with Gasteiger partial charge in [-0.05, 0) is 13.8 Å². The molecule has 0 bridgehead atoms. The molecule has 2 heterocycles. The predicted molar refractivity (Wildman–Crippen MR) is 62.1 cm³/mol. The van der Waals surface area contributed by atoms with Crippen LogP contribution >= 0.6 is 0 Å². The lowest BCUT2D eigenvalue weighted by atomic mass is 10.3. The lowest BCUT2D eigenvalue weighted by Gasteiger charge is -2.25. The minimum Gasteiger partial charge on any atom is -0.378 e. The van der Waals surface area contributed by atoms with E-state index in [9.17, 15) is 4.79 Å². The molecule has 17 heavy (non-hydrogen) atoms. The quantitative estimate of drug-likeness (QED) is 0.838. The first-order valence-corrected chi connectivity index (χ1v) is 5.77. The first-order chi connectivity index (χ1) is 8.16. The maximum atomic E-state index is 11.7. The van der Waals surface area contributed by atoms with E-state index in [0.29, 0.717) is 24.8 Å². The van der Waals surface area contributed by atoms with Gasteiger partial charge in [0.2, 0.25) is 5.88 Å². The highest BCUT2D eigenvalue weighted by Gasteiger charge is 2.19. The molecule has 0 aliphatic carbocycles. The monoisotopic (exact) mass is 239 g/mol. The molecule has 1 aromatic heterocycles. The van der Waals surface area contributed by atoms with Crippen LogP contribution in [0.5, 0.6) is 0 Å². The number of nitrogens with one attached hydrogen (secondary N) is 1. The zero-order valence-corrected chi connectivity index (χ0v) is 10.1. The van der Waals surface area contributed by atoms with E-state index in [2.05, 4.69) is 10.5 Å². The van der Waals surface area contributed by atoms with Crippen molar-refractivity contribution in [3.63, 3.8) is 0 Å². The molecule has 0 radical (unpaired) electrons. The van der Waals surface area contributed by atoms with E-state index in [4.69, 9.17) is 9.26 Å². The Morgan fingerprint density at radius 1 is 1.47 bits per heavy atom. The summed E-state index contributed by atoms with van der Waals surface area (Å²) in [5.74, 6) is 0.422. The number of morpholine rings is 1. The molecule has 2 rings (SSSR count). The number of carbonyl (C=O) groups is 1. The maximum Gasteiger partial charge on any atom is 0.273 e. The number of amides is 1. The molecule has 0 aromatic carbocycles. The summed E-state index contributed by atoms with van der Waals surface area (Å²) < 4.78 is 10.4. The molecule has 0 atom stereocenters. The first-order valence-electron chi connectivity index (χ1n) is 5.77. The molecule has 0 unspecified atom stereocenters. The van der Waals surface area contributed by atoms with Crippen LogP contribution in [0, 0.1) is 0 Å². The van der Waals surface area contributed by atoms with Gasteiger partial charge in [-0.2, -0.15) is 0 Å². The number of aromatic nitrogens is 1. The third-order valence-corrected chi connectivity index (χ3v) is 2.47. The van der Waals surface area contributed by atoms with E-state index in [-0.39, 0.29) is 11.9 Å². The summed E-state index contributed by atoms with van der Waals surface area (Å²) in [7, 11) is 0. The second-order valence-electron chi connectivity index (χ2n) is 4.28. The van der Waals surface area contributed by atoms with Crippen molar-refractivity contribution in [3.8, 4) is 0 Å². The van der Waals surface area contributed by atoms with Crippen molar-refractivity contribution in [2.75, 3.05) is 31.2 Å². The molecule has 1 saturated heterocycles. The third-order valence-electron chi connectivity index (χ3n) is 2.47. The van der Waals surface area contributed by atoms with Gasteiger partial charge in [-0.25, -0.2) is 0 Å². The smallest absolute Gasteiger partial charge is 0.273 e. The summed E-state index contributed by atoms with van der Waals surface area (Å²) in [6.07, 6.45) is 0. The number of hydrogen-bond acceptors (Lipinski definition) is 5. The largest absolute Gasteiger partial charge is 0.378 e. The molecule has 1 aliphatic rings. The summed E-state index contributed by atoms with van der Waals surface area (Å²) >= 11 is 0. The Labute approximate surface area is 99.9 Å². The second-order valence-corrected chi connectivity index (χ2v) is 4.28. The molecule has 94 valence electrons. The standard InChI is InChI=1S/C11H17N3O3/c1-8(2)12-11(15)9-7-10(17-13-9)14-3-5-16-6-4-14/h7-8H,3-6H2,1-2H3,(H,12,15). The Hall–Kier alpha value is -1.56. The van der Waals surface area contributed by atoms with E-state index in [1.807, 2.05) is 18.7 Å². The number of carbonyl (C=O) groups excluding carboxylic acids is 1. The summed E-state index contributed by atoms with van der Waals surface area (Å²) in [4.78, 5) is 13.7. The van der Waals surface area contributed by atoms with Gasteiger partial charge >= 0.3 is 0 Å². The number of rotatable bonds is 3. The van der Waals surface area contributed by atoms with Gasteiger partial charge in [-0.1, -0.05) is 5.16 Å². The van der Waals surface area contributed by atoms with Crippen LogP contribution in [0.4, 0.5) is 5.88 Å². The fourth-order valence-corrected chi connectivity index (χ4v) is 1.64. The Morgan fingerprint density at radius 3 is 2.82 bits per heavy atom. The third kappa shape index (κ3) is 2.97. The van der Waals surface area contributed by atoms with Crippen LogP contribution in [-0.4, -0.2) is 43.4 Å². The number of hydrogen-bond donors (Lipinski definition) is 1. The van der Waals surface area contributed by atoms with Crippen molar-refractivity contribution >= 4 is 11.8 Å². The van der Waals surface area contributed by atoms with Gasteiger partial charge in [0.25, 0.3) is 5.91 Å². The highest BCUT2D eigenvalue weighted by molar-refractivity contribution is 5.92. The molecular formula is C11H17N3O3. The van der Waals surface area contributed by atoms with Gasteiger partial charge in [0.05, 0.1) is 13.2 Å². The molecule has 6 heteroatoms. The van der Waals surface area contributed by atoms with Gasteiger partial charge in [0.1, 0.15) is 0 Å². The van der Waals surface area contributed by atoms with E-state index in [1.165, 1.54) is 0 Å². The van der Waals surface area contributed by atoms with Crippen molar-refractivity contribution in [1.82, 2.24) is 10.5 Å². The molecule has 0 saturated carbocycles. The predicted octanol–water partition coefficient (Wildman–Crippen LogP) is 0.649. The Kier molecular flexibility index (Phi) is 3.63. The van der Waals surface area contributed by atoms with Gasteiger partial charge in [0, 0.05) is 25.2 Å². The Bertz CT molecular complexity index is 383. The zero-order chi connectivity index (χ0) is 12.3. The summed E-state index contributed by atoms with van der Waals surface area (Å²) in [5, 5.41) is 6.55. The van der Waals surface area contributed by atoms with Crippen LogP contribution in [0.3, 0.4) is 0 Å². The molecule has 1 aliphatic heterocycles. The number of ether oxygens (including phenoxy) is 1. The average Bonchev–Trinajstić information content (AvgIpc) is 2.78. The highest BCUT2D eigenvalue weighted by Crippen LogP contribution is 2.17. The van der Waals surface area contributed by atoms with Crippen LogP contribution < -0.4 is 10.2 Å². The average molecular weight is 239 g/mol. The van der Waals surface area contributed by atoms with Crippen molar-refractivity contribution in [2.45, 2.75) is 19.9 Å². The zero-order valence-electron chi connectivity index (χ0n) is 10.1. The van der Waals surface area contributed by atoms with Crippen molar-refractivity contribution in [2.24, 2.45) is 0 Å². The minimum absolute atomic E-state index is 0.0889. The Morgan fingerprint density at radius 2 is 2.18 bits per heavy atom. The lowest BCUT2D eigenvalue weighted by molar-refractivity contribution is 0.0933. The lowest BCUT2D eigenvalue weighted by Crippen LogP contribution is -2.36. The molecular weight excluding hydrogens is 222 g/mol. The Balaban J connectivity index is 2.02. The van der Waals surface area contributed by atoms with Crippen LogP contribution in [-0.2, 0) is 4.74 Å². The maximum absolute atomic E-state index is 11.7. The summed E-state index contributed by atoms with van der Waals surface area (Å²) in [6, 6.07) is 1.76. The van der Waals surface area contributed by atoms with Crippen molar-refractivity contribution < 1.29 is 14.1 Å². The topological polar surface area (TPSA) is 67.6 Å². The van der Waals surface area contributed by atoms with E-state index in [0.717, 1.165) is 13.1 Å². The van der Waals surface area contributed by atoms with Crippen molar-refractivity contribution in [1.29, 1.82) is 0 Å². The molecule has 1 amide bonds. The molecule has 1 aromatic rings. The summed E-state index contributed by atoms with van der Waals surface area (Å²) in [6.45, 7) is 6.69. The van der Waals surface area contributed by atoms with Crippen LogP contribution in [0.2, 0.25) is 0 Å². The minimum atomic E-state index is -0.205.